The van der Waals surface area contributed by atoms with Gasteiger partial charge in [-0.3, -0.25) is 4.57 Å². The summed E-state index contributed by atoms with van der Waals surface area (Å²) in [6, 6.07) is 1.74. The largest absolute Gasteiger partial charge is 0.396 e. The van der Waals surface area contributed by atoms with Crippen molar-refractivity contribution < 1.29 is 5.11 Å². The van der Waals surface area contributed by atoms with E-state index in [-0.39, 0.29) is 12.3 Å². The molecule has 1 aromatic rings. The Morgan fingerprint density at radius 3 is 2.92 bits per heavy atom. The van der Waals surface area contributed by atoms with Crippen LogP contribution in [0.4, 0.5) is 0 Å². The molecule has 0 atom stereocenters. The van der Waals surface area contributed by atoms with Crippen molar-refractivity contribution in [1.29, 1.82) is 0 Å². The minimum atomic E-state index is -0.202. The molecule has 0 saturated carbocycles. The molecule has 4 heteroatoms. The van der Waals surface area contributed by atoms with Gasteiger partial charge in [0.2, 0.25) is 0 Å². The molecule has 0 aromatic carbocycles. The Labute approximate surface area is 76.9 Å². The smallest absolute Gasteiger partial charge is 0.347 e. The molecule has 0 unspecified atom stereocenters. The zero-order valence-corrected chi connectivity index (χ0v) is 7.52. The summed E-state index contributed by atoms with van der Waals surface area (Å²) in [5.41, 5.74) is -0.202. The van der Waals surface area contributed by atoms with E-state index in [9.17, 15) is 4.79 Å². The van der Waals surface area contributed by atoms with Crippen molar-refractivity contribution in [1.82, 2.24) is 9.55 Å². The molecule has 0 radical (unpaired) electrons. The Balaban J connectivity index is 2.37. The monoisotopic (exact) mass is 182 g/mol. The van der Waals surface area contributed by atoms with Crippen LogP contribution in [0.3, 0.4) is 0 Å². The van der Waals surface area contributed by atoms with E-state index in [1.807, 2.05) is 0 Å². The Morgan fingerprint density at radius 2 is 2.23 bits per heavy atom. The molecular weight excluding hydrogens is 168 g/mol. The summed E-state index contributed by atoms with van der Waals surface area (Å²) in [6.45, 7) is 0.911. The first kappa shape index (κ1) is 9.92. The van der Waals surface area contributed by atoms with Crippen molar-refractivity contribution in [3.05, 3.63) is 28.9 Å². The van der Waals surface area contributed by atoms with Gasteiger partial charge in [0, 0.05) is 25.5 Å². The fraction of sp³-hybridized carbons (Fsp3) is 0.556. The molecule has 4 nitrogen and oxygen atoms in total. The second-order valence-corrected chi connectivity index (χ2v) is 2.88. The van der Waals surface area contributed by atoms with Gasteiger partial charge in [-0.1, -0.05) is 0 Å². The molecule has 1 heterocycles. The molecular formula is C9H14N2O2. The molecule has 0 amide bonds. The maximum atomic E-state index is 11.1. The lowest BCUT2D eigenvalue weighted by molar-refractivity contribution is 0.281. The van der Waals surface area contributed by atoms with Gasteiger partial charge < -0.3 is 5.11 Å². The normalized spacial score (nSPS) is 10.2. The molecule has 0 saturated heterocycles. The third-order valence-electron chi connectivity index (χ3n) is 1.84. The van der Waals surface area contributed by atoms with E-state index in [0.717, 1.165) is 19.3 Å². The summed E-state index contributed by atoms with van der Waals surface area (Å²) in [5.74, 6) is 0. The molecule has 0 bridgehead atoms. The fourth-order valence-corrected chi connectivity index (χ4v) is 1.13. The van der Waals surface area contributed by atoms with E-state index in [1.165, 1.54) is 6.20 Å². The number of aliphatic hydroxyl groups excluding tert-OH is 1. The summed E-state index contributed by atoms with van der Waals surface area (Å²) in [7, 11) is 0. The first-order valence-corrected chi connectivity index (χ1v) is 4.47. The van der Waals surface area contributed by atoms with Gasteiger partial charge in [0.1, 0.15) is 0 Å². The second-order valence-electron chi connectivity index (χ2n) is 2.88. The molecule has 0 aliphatic rings. The van der Waals surface area contributed by atoms with Crippen LogP contribution in [-0.2, 0) is 6.54 Å². The fourth-order valence-electron chi connectivity index (χ4n) is 1.13. The molecule has 1 rings (SSSR count). The molecule has 1 N–H and O–H groups in total. The lowest BCUT2D eigenvalue weighted by Crippen LogP contribution is -2.21. The van der Waals surface area contributed by atoms with Crippen molar-refractivity contribution in [2.75, 3.05) is 6.61 Å². The molecule has 0 spiro atoms. The van der Waals surface area contributed by atoms with E-state index in [2.05, 4.69) is 4.98 Å². The van der Waals surface area contributed by atoms with Gasteiger partial charge in [0.05, 0.1) is 0 Å². The lowest BCUT2D eigenvalue weighted by Gasteiger charge is -2.02. The van der Waals surface area contributed by atoms with Gasteiger partial charge in [0.15, 0.2) is 0 Å². The molecule has 13 heavy (non-hydrogen) atoms. The van der Waals surface area contributed by atoms with Gasteiger partial charge in [-0.05, 0) is 25.3 Å². The SMILES string of the molecule is O=c1ncccn1CCCCCO. The number of nitrogens with zero attached hydrogens (tertiary/aromatic N) is 2. The first-order valence-electron chi connectivity index (χ1n) is 4.47. The first-order chi connectivity index (χ1) is 6.34. The van der Waals surface area contributed by atoms with Gasteiger partial charge in [0.25, 0.3) is 0 Å². The highest BCUT2D eigenvalue weighted by Crippen LogP contribution is 1.95. The summed E-state index contributed by atoms with van der Waals surface area (Å²) in [5, 5.41) is 8.54. The minimum Gasteiger partial charge on any atom is -0.396 e. The predicted molar refractivity (Wildman–Crippen MR) is 49.4 cm³/mol. The summed E-state index contributed by atoms with van der Waals surface area (Å²) >= 11 is 0. The maximum absolute atomic E-state index is 11.1. The topological polar surface area (TPSA) is 55.1 Å². The van der Waals surface area contributed by atoms with E-state index in [0.29, 0.717) is 6.54 Å². The Kier molecular flexibility index (Phi) is 4.18. The highest BCUT2D eigenvalue weighted by atomic mass is 16.2. The average molecular weight is 182 g/mol. The third kappa shape index (κ3) is 3.38. The highest BCUT2D eigenvalue weighted by Gasteiger charge is 1.93. The van der Waals surface area contributed by atoms with Gasteiger partial charge in [-0.15, -0.1) is 0 Å². The van der Waals surface area contributed by atoms with Crippen molar-refractivity contribution in [2.45, 2.75) is 25.8 Å². The third-order valence-corrected chi connectivity index (χ3v) is 1.84. The molecule has 1 aromatic heterocycles. The van der Waals surface area contributed by atoms with Crippen LogP contribution in [0.1, 0.15) is 19.3 Å². The Hall–Kier alpha value is -1.16. The van der Waals surface area contributed by atoms with Crippen LogP contribution in [0, 0.1) is 0 Å². The number of hydrogen-bond donors (Lipinski definition) is 1. The van der Waals surface area contributed by atoms with Gasteiger partial charge >= 0.3 is 5.69 Å². The van der Waals surface area contributed by atoms with Crippen molar-refractivity contribution in [3.63, 3.8) is 0 Å². The molecule has 0 aliphatic heterocycles. The van der Waals surface area contributed by atoms with Crippen molar-refractivity contribution in [2.24, 2.45) is 0 Å². The number of aromatic nitrogens is 2. The number of unbranched alkanes of at least 4 members (excludes halogenated alkanes) is 2. The number of rotatable bonds is 5. The average Bonchev–Trinajstić information content (AvgIpc) is 2.15. The van der Waals surface area contributed by atoms with E-state index < -0.39 is 0 Å². The quantitative estimate of drug-likeness (QED) is 0.671. The van der Waals surface area contributed by atoms with Crippen molar-refractivity contribution >= 4 is 0 Å². The van der Waals surface area contributed by atoms with Crippen LogP contribution >= 0.6 is 0 Å². The molecule has 72 valence electrons. The van der Waals surface area contributed by atoms with Crippen LogP contribution in [0.2, 0.25) is 0 Å². The number of aryl methyl sites for hydroxylation is 1. The molecule has 0 fully saturated rings. The lowest BCUT2D eigenvalue weighted by atomic mass is 10.2. The Morgan fingerprint density at radius 1 is 1.38 bits per heavy atom. The van der Waals surface area contributed by atoms with Crippen LogP contribution in [0.25, 0.3) is 0 Å². The standard InChI is InChI=1S/C9H14N2O2/c12-8-3-1-2-6-11-7-4-5-10-9(11)13/h4-5,7,12H,1-3,6,8H2. The van der Waals surface area contributed by atoms with E-state index in [1.54, 1.807) is 16.8 Å². The van der Waals surface area contributed by atoms with Crippen molar-refractivity contribution in [3.8, 4) is 0 Å². The van der Waals surface area contributed by atoms with Gasteiger partial charge in [-0.25, -0.2) is 9.78 Å². The zero-order chi connectivity index (χ0) is 9.52. The molecule has 0 aliphatic carbocycles. The zero-order valence-electron chi connectivity index (χ0n) is 7.52. The summed E-state index contributed by atoms with van der Waals surface area (Å²) < 4.78 is 1.58. The van der Waals surface area contributed by atoms with Gasteiger partial charge in [-0.2, -0.15) is 0 Å². The predicted octanol–water partition coefficient (Wildman–Crippen LogP) is 0.406. The number of aliphatic hydroxyl groups is 1. The van der Waals surface area contributed by atoms with Crippen LogP contribution in [-0.4, -0.2) is 21.3 Å². The second kappa shape index (κ2) is 5.48. The van der Waals surface area contributed by atoms with E-state index in [4.69, 9.17) is 5.11 Å². The van der Waals surface area contributed by atoms with Crippen LogP contribution in [0.5, 0.6) is 0 Å². The van der Waals surface area contributed by atoms with Crippen LogP contribution in [0.15, 0.2) is 23.3 Å². The van der Waals surface area contributed by atoms with E-state index >= 15 is 0 Å². The summed E-state index contributed by atoms with van der Waals surface area (Å²) in [4.78, 5) is 14.7. The Bertz CT molecular complexity index is 296. The maximum Gasteiger partial charge on any atom is 0.347 e. The highest BCUT2D eigenvalue weighted by molar-refractivity contribution is 4.80. The van der Waals surface area contributed by atoms with Crippen LogP contribution < -0.4 is 5.69 Å². The summed E-state index contributed by atoms with van der Waals surface area (Å²) in [6.07, 6.45) is 5.87. The number of hydrogen-bond acceptors (Lipinski definition) is 3. The minimum absolute atomic E-state index is 0.202.